The van der Waals surface area contributed by atoms with E-state index >= 15 is 0 Å². The van der Waals surface area contributed by atoms with E-state index in [0.717, 1.165) is 17.1 Å². The van der Waals surface area contributed by atoms with Crippen LogP contribution in [0.15, 0.2) is 42.5 Å². The molecule has 2 atom stereocenters. The normalized spacial score (nSPS) is 18.8. The molecule has 1 heterocycles. The first-order chi connectivity index (χ1) is 13.2. The SMILES string of the molecule is CCOc1ccccc1NC(=O)C1CC(c2ccc(OC)cc2OC)NN1. The van der Waals surface area contributed by atoms with Gasteiger partial charge in [-0.25, -0.2) is 10.9 Å². The molecule has 1 amide bonds. The lowest BCUT2D eigenvalue weighted by molar-refractivity contribution is -0.117. The lowest BCUT2D eigenvalue weighted by atomic mass is 10.0. The van der Waals surface area contributed by atoms with Crippen LogP contribution in [0.5, 0.6) is 17.2 Å². The minimum Gasteiger partial charge on any atom is -0.497 e. The molecule has 0 bridgehead atoms. The second kappa shape index (κ2) is 8.75. The molecule has 1 aliphatic heterocycles. The Hall–Kier alpha value is -2.77. The minimum atomic E-state index is -0.378. The number of rotatable bonds is 7. The van der Waals surface area contributed by atoms with Crippen LogP contribution < -0.4 is 30.4 Å². The van der Waals surface area contributed by atoms with Crippen LogP contribution in [0.4, 0.5) is 5.69 Å². The van der Waals surface area contributed by atoms with Gasteiger partial charge in [0.25, 0.3) is 0 Å². The summed E-state index contributed by atoms with van der Waals surface area (Å²) >= 11 is 0. The molecule has 0 radical (unpaired) electrons. The first-order valence-electron chi connectivity index (χ1n) is 8.92. The zero-order valence-electron chi connectivity index (χ0n) is 15.7. The topological polar surface area (TPSA) is 80.9 Å². The van der Waals surface area contributed by atoms with Gasteiger partial charge in [-0.1, -0.05) is 18.2 Å². The van der Waals surface area contributed by atoms with Crippen LogP contribution in [0.3, 0.4) is 0 Å². The number of hydrogen-bond acceptors (Lipinski definition) is 6. The molecular formula is C20H25N3O4. The van der Waals surface area contributed by atoms with Crippen molar-refractivity contribution in [2.24, 2.45) is 0 Å². The maximum absolute atomic E-state index is 12.7. The number of benzene rings is 2. The Morgan fingerprint density at radius 1 is 1.11 bits per heavy atom. The molecule has 1 fully saturated rings. The summed E-state index contributed by atoms with van der Waals surface area (Å²) in [6.07, 6.45) is 0.589. The number of hydrazine groups is 1. The molecule has 2 aromatic rings. The van der Waals surface area contributed by atoms with Crippen LogP contribution in [0.1, 0.15) is 24.9 Å². The summed E-state index contributed by atoms with van der Waals surface area (Å²) in [5.74, 6) is 1.98. The van der Waals surface area contributed by atoms with E-state index in [-0.39, 0.29) is 18.0 Å². The summed E-state index contributed by atoms with van der Waals surface area (Å²) in [5.41, 5.74) is 7.88. The van der Waals surface area contributed by atoms with Crippen LogP contribution >= 0.6 is 0 Å². The van der Waals surface area contributed by atoms with Crippen LogP contribution in [0, 0.1) is 0 Å². The lowest BCUT2D eigenvalue weighted by Gasteiger charge is -2.15. The van der Waals surface area contributed by atoms with E-state index in [0.29, 0.717) is 24.5 Å². The molecule has 1 saturated heterocycles. The number of para-hydroxylation sites is 2. The highest BCUT2D eigenvalue weighted by molar-refractivity contribution is 5.96. The van der Waals surface area contributed by atoms with Crippen molar-refractivity contribution >= 4 is 11.6 Å². The molecule has 7 heteroatoms. The van der Waals surface area contributed by atoms with Crippen molar-refractivity contribution in [3.05, 3.63) is 48.0 Å². The Bertz CT molecular complexity index is 797. The highest BCUT2D eigenvalue weighted by Crippen LogP contribution is 2.33. The number of ether oxygens (including phenoxy) is 3. The molecule has 3 rings (SSSR count). The fourth-order valence-electron chi connectivity index (χ4n) is 3.11. The summed E-state index contributed by atoms with van der Waals surface area (Å²) in [5, 5.41) is 2.94. The predicted octanol–water partition coefficient (Wildman–Crippen LogP) is 2.65. The van der Waals surface area contributed by atoms with Gasteiger partial charge in [-0.05, 0) is 31.5 Å². The van der Waals surface area contributed by atoms with E-state index in [2.05, 4.69) is 16.2 Å². The number of hydrogen-bond donors (Lipinski definition) is 3. The fraction of sp³-hybridized carbons (Fsp3) is 0.350. The van der Waals surface area contributed by atoms with E-state index in [1.165, 1.54) is 0 Å². The molecule has 2 aromatic carbocycles. The third kappa shape index (κ3) is 4.32. The fourth-order valence-corrected chi connectivity index (χ4v) is 3.11. The Morgan fingerprint density at radius 2 is 1.93 bits per heavy atom. The zero-order chi connectivity index (χ0) is 19.2. The minimum absolute atomic E-state index is 0.0521. The van der Waals surface area contributed by atoms with Gasteiger partial charge in [0.05, 0.1) is 32.6 Å². The van der Waals surface area contributed by atoms with Crippen molar-refractivity contribution in [3.63, 3.8) is 0 Å². The van der Waals surface area contributed by atoms with Gasteiger partial charge in [0.15, 0.2) is 0 Å². The molecule has 144 valence electrons. The molecule has 0 spiro atoms. The predicted molar refractivity (Wildman–Crippen MR) is 103 cm³/mol. The Morgan fingerprint density at radius 3 is 2.67 bits per heavy atom. The Kier molecular flexibility index (Phi) is 6.16. The summed E-state index contributed by atoms with van der Waals surface area (Å²) in [6.45, 7) is 2.45. The largest absolute Gasteiger partial charge is 0.497 e. The van der Waals surface area contributed by atoms with Crippen molar-refractivity contribution in [3.8, 4) is 17.2 Å². The summed E-state index contributed by atoms with van der Waals surface area (Å²) in [7, 11) is 3.24. The van der Waals surface area contributed by atoms with Gasteiger partial charge < -0.3 is 19.5 Å². The van der Waals surface area contributed by atoms with Crippen LogP contribution in [-0.4, -0.2) is 32.8 Å². The van der Waals surface area contributed by atoms with Gasteiger partial charge in [-0.3, -0.25) is 4.79 Å². The first-order valence-corrected chi connectivity index (χ1v) is 8.92. The number of nitrogens with one attached hydrogen (secondary N) is 3. The average molecular weight is 371 g/mol. The van der Waals surface area contributed by atoms with E-state index < -0.39 is 0 Å². The second-order valence-corrected chi connectivity index (χ2v) is 6.16. The van der Waals surface area contributed by atoms with E-state index in [4.69, 9.17) is 14.2 Å². The monoisotopic (exact) mass is 371 g/mol. The molecule has 0 aliphatic carbocycles. The molecule has 0 aromatic heterocycles. The standard InChI is InChI=1S/C20H25N3O4/c1-4-27-18-8-6-5-7-15(18)21-20(24)17-12-16(22-23-17)14-10-9-13(25-2)11-19(14)26-3/h5-11,16-17,22-23H,4,12H2,1-3H3,(H,21,24). The van der Waals surface area contributed by atoms with E-state index in [1.807, 2.05) is 49.4 Å². The number of anilines is 1. The summed E-state index contributed by atoms with van der Waals surface area (Å²) in [6, 6.07) is 12.6. The molecule has 2 unspecified atom stereocenters. The first kappa shape index (κ1) is 19.0. The maximum atomic E-state index is 12.7. The van der Waals surface area contributed by atoms with Gasteiger partial charge >= 0.3 is 0 Å². The van der Waals surface area contributed by atoms with Gasteiger partial charge in [-0.2, -0.15) is 0 Å². The average Bonchev–Trinajstić information content (AvgIpc) is 3.19. The van der Waals surface area contributed by atoms with Crippen LogP contribution in [0.2, 0.25) is 0 Å². The van der Waals surface area contributed by atoms with Gasteiger partial charge in [0.1, 0.15) is 23.3 Å². The third-order valence-electron chi connectivity index (χ3n) is 4.48. The third-order valence-corrected chi connectivity index (χ3v) is 4.48. The summed E-state index contributed by atoms with van der Waals surface area (Å²) in [4.78, 5) is 12.7. The van der Waals surface area contributed by atoms with Gasteiger partial charge in [0, 0.05) is 11.6 Å². The van der Waals surface area contributed by atoms with Crippen LogP contribution in [0.25, 0.3) is 0 Å². The molecule has 7 nitrogen and oxygen atoms in total. The van der Waals surface area contributed by atoms with Crippen molar-refractivity contribution in [2.75, 3.05) is 26.1 Å². The van der Waals surface area contributed by atoms with Crippen molar-refractivity contribution < 1.29 is 19.0 Å². The molecule has 3 N–H and O–H groups in total. The molecule has 1 aliphatic rings. The Labute approximate surface area is 159 Å². The summed E-state index contributed by atoms with van der Waals surface area (Å²) < 4.78 is 16.3. The van der Waals surface area contributed by atoms with Gasteiger partial charge in [-0.15, -0.1) is 0 Å². The van der Waals surface area contributed by atoms with E-state index in [9.17, 15) is 4.79 Å². The van der Waals surface area contributed by atoms with Gasteiger partial charge in [0.2, 0.25) is 5.91 Å². The van der Waals surface area contributed by atoms with Crippen LogP contribution in [-0.2, 0) is 4.79 Å². The second-order valence-electron chi connectivity index (χ2n) is 6.16. The zero-order valence-corrected chi connectivity index (χ0v) is 15.7. The molecule has 0 saturated carbocycles. The number of carbonyl (C=O) groups excluding carboxylic acids is 1. The highest BCUT2D eigenvalue weighted by atomic mass is 16.5. The van der Waals surface area contributed by atoms with Crippen molar-refractivity contribution in [2.45, 2.75) is 25.4 Å². The number of methoxy groups -OCH3 is 2. The highest BCUT2D eigenvalue weighted by Gasteiger charge is 2.32. The molecular weight excluding hydrogens is 346 g/mol. The smallest absolute Gasteiger partial charge is 0.243 e. The number of carbonyl (C=O) groups is 1. The molecule has 27 heavy (non-hydrogen) atoms. The lowest BCUT2D eigenvalue weighted by Crippen LogP contribution is -2.39. The Balaban J connectivity index is 1.68. The quantitative estimate of drug-likeness (QED) is 0.694. The van der Waals surface area contributed by atoms with E-state index in [1.54, 1.807) is 14.2 Å². The van der Waals surface area contributed by atoms with Crippen molar-refractivity contribution in [1.82, 2.24) is 10.9 Å². The van der Waals surface area contributed by atoms with Crippen molar-refractivity contribution in [1.29, 1.82) is 0 Å². The number of amides is 1. The maximum Gasteiger partial charge on any atom is 0.243 e.